The van der Waals surface area contributed by atoms with E-state index in [0.29, 0.717) is 24.5 Å². The second-order valence-corrected chi connectivity index (χ2v) is 4.75. The number of amides is 2. The van der Waals surface area contributed by atoms with Gasteiger partial charge in [-0.2, -0.15) is 0 Å². The highest BCUT2D eigenvalue weighted by Gasteiger charge is 2.24. The van der Waals surface area contributed by atoms with Gasteiger partial charge in [0.05, 0.1) is 25.3 Å². The van der Waals surface area contributed by atoms with E-state index < -0.39 is 6.04 Å². The first-order valence-corrected chi connectivity index (χ1v) is 6.55. The van der Waals surface area contributed by atoms with Gasteiger partial charge in [0.15, 0.2) is 0 Å². The van der Waals surface area contributed by atoms with Crippen LogP contribution in [-0.2, 0) is 9.59 Å². The minimum Gasteiger partial charge on any atom is -0.495 e. The number of ether oxygens (including phenoxy) is 1. The van der Waals surface area contributed by atoms with Crippen LogP contribution in [0.15, 0.2) is 18.2 Å². The molecule has 0 radical (unpaired) electrons. The third-order valence-electron chi connectivity index (χ3n) is 3.15. The van der Waals surface area contributed by atoms with Crippen molar-refractivity contribution in [2.75, 3.05) is 25.5 Å². The first kappa shape index (κ1) is 14.3. The van der Waals surface area contributed by atoms with Crippen molar-refractivity contribution in [3.8, 4) is 5.75 Å². The number of carbonyl (C=O) groups is 2. The highest BCUT2D eigenvalue weighted by Crippen LogP contribution is 2.25. The van der Waals surface area contributed by atoms with Crippen LogP contribution in [-0.4, -0.2) is 38.1 Å². The Hall–Kier alpha value is -2.08. The van der Waals surface area contributed by atoms with Crippen LogP contribution in [0.3, 0.4) is 0 Å². The van der Waals surface area contributed by atoms with Crippen LogP contribution < -0.4 is 20.7 Å². The number of piperazine rings is 1. The lowest BCUT2D eigenvalue weighted by molar-refractivity contribution is -0.127. The number of hydrogen-bond acceptors (Lipinski definition) is 4. The van der Waals surface area contributed by atoms with Crippen LogP contribution in [0, 0.1) is 6.92 Å². The molecular formula is C14H19N3O3. The molecule has 1 saturated heterocycles. The van der Waals surface area contributed by atoms with Gasteiger partial charge in [0.25, 0.3) is 0 Å². The average molecular weight is 277 g/mol. The molecule has 6 heteroatoms. The molecule has 3 N–H and O–H groups in total. The van der Waals surface area contributed by atoms with E-state index in [4.69, 9.17) is 4.74 Å². The number of methoxy groups -OCH3 is 1. The van der Waals surface area contributed by atoms with Crippen molar-refractivity contribution in [2.45, 2.75) is 19.4 Å². The van der Waals surface area contributed by atoms with E-state index in [0.717, 1.165) is 5.56 Å². The molecule has 20 heavy (non-hydrogen) atoms. The van der Waals surface area contributed by atoms with Gasteiger partial charge in [-0.15, -0.1) is 0 Å². The Morgan fingerprint density at radius 3 is 2.95 bits per heavy atom. The quantitative estimate of drug-likeness (QED) is 0.745. The Bertz CT molecular complexity index is 516. The Morgan fingerprint density at radius 2 is 2.25 bits per heavy atom. The molecule has 0 saturated carbocycles. The van der Waals surface area contributed by atoms with Gasteiger partial charge in [0.2, 0.25) is 11.8 Å². The summed E-state index contributed by atoms with van der Waals surface area (Å²) in [4.78, 5) is 23.6. The fraction of sp³-hybridized carbons (Fsp3) is 0.429. The Kier molecular flexibility index (Phi) is 4.57. The lowest BCUT2D eigenvalue weighted by Gasteiger charge is -2.23. The Labute approximate surface area is 117 Å². The first-order valence-electron chi connectivity index (χ1n) is 6.55. The molecule has 108 valence electrons. The SMILES string of the molecule is COc1ccc(C)cc1NC(=O)C[C@@H]1NCCNC1=O. The van der Waals surface area contributed by atoms with Crippen molar-refractivity contribution in [3.63, 3.8) is 0 Å². The molecule has 1 aromatic rings. The van der Waals surface area contributed by atoms with Crippen LogP contribution >= 0.6 is 0 Å². The third-order valence-corrected chi connectivity index (χ3v) is 3.15. The zero-order valence-electron chi connectivity index (χ0n) is 11.7. The smallest absolute Gasteiger partial charge is 0.237 e. The van der Waals surface area contributed by atoms with Crippen LogP contribution in [0.4, 0.5) is 5.69 Å². The lowest BCUT2D eigenvalue weighted by atomic mass is 10.1. The second-order valence-electron chi connectivity index (χ2n) is 4.75. The third kappa shape index (κ3) is 3.48. The molecule has 2 amide bonds. The molecule has 0 unspecified atom stereocenters. The van der Waals surface area contributed by atoms with Crippen molar-refractivity contribution in [1.29, 1.82) is 0 Å². The molecule has 0 spiro atoms. The predicted molar refractivity (Wildman–Crippen MR) is 75.8 cm³/mol. The number of anilines is 1. The molecule has 1 aliphatic heterocycles. The molecule has 1 heterocycles. The van der Waals surface area contributed by atoms with E-state index in [2.05, 4.69) is 16.0 Å². The summed E-state index contributed by atoms with van der Waals surface area (Å²) in [6.07, 6.45) is 0.100. The maximum absolute atomic E-state index is 12.0. The summed E-state index contributed by atoms with van der Waals surface area (Å²) in [6.45, 7) is 3.21. The summed E-state index contributed by atoms with van der Waals surface area (Å²) in [7, 11) is 1.55. The number of aryl methyl sites for hydroxylation is 1. The number of hydrogen-bond donors (Lipinski definition) is 3. The molecule has 0 aliphatic carbocycles. The standard InChI is InChI=1S/C14H19N3O3/c1-9-3-4-12(20-2)10(7-9)17-13(18)8-11-14(19)16-6-5-15-11/h3-4,7,11,15H,5-6,8H2,1-2H3,(H,16,19)(H,17,18)/t11-/m0/s1. The predicted octanol–water partition coefficient (Wildman–Crippen LogP) is 0.420. The summed E-state index contributed by atoms with van der Waals surface area (Å²) in [6, 6.07) is 5.08. The largest absolute Gasteiger partial charge is 0.495 e. The Morgan fingerprint density at radius 1 is 1.45 bits per heavy atom. The van der Waals surface area contributed by atoms with Gasteiger partial charge >= 0.3 is 0 Å². The van der Waals surface area contributed by atoms with Gasteiger partial charge in [0, 0.05) is 13.1 Å². The average Bonchev–Trinajstić information content (AvgIpc) is 2.41. The van der Waals surface area contributed by atoms with Crippen molar-refractivity contribution in [3.05, 3.63) is 23.8 Å². The van der Waals surface area contributed by atoms with E-state index in [9.17, 15) is 9.59 Å². The summed E-state index contributed by atoms with van der Waals surface area (Å²) < 4.78 is 5.20. The number of rotatable bonds is 4. The molecule has 1 aromatic carbocycles. The number of nitrogens with one attached hydrogen (secondary N) is 3. The van der Waals surface area contributed by atoms with Gasteiger partial charge in [-0.1, -0.05) is 6.07 Å². The maximum Gasteiger partial charge on any atom is 0.237 e. The molecule has 1 fully saturated rings. The molecule has 1 atom stereocenters. The minimum absolute atomic E-state index is 0.100. The highest BCUT2D eigenvalue weighted by molar-refractivity contribution is 5.96. The zero-order valence-corrected chi connectivity index (χ0v) is 11.7. The summed E-state index contributed by atoms with van der Waals surface area (Å²) >= 11 is 0. The van der Waals surface area contributed by atoms with Gasteiger partial charge in [0.1, 0.15) is 5.75 Å². The van der Waals surface area contributed by atoms with Crippen molar-refractivity contribution in [1.82, 2.24) is 10.6 Å². The summed E-state index contributed by atoms with van der Waals surface area (Å²) in [5, 5.41) is 8.53. The van der Waals surface area contributed by atoms with Crippen LogP contribution in [0.5, 0.6) is 5.75 Å². The highest BCUT2D eigenvalue weighted by atomic mass is 16.5. The molecule has 6 nitrogen and oxygen atoms in total. The van der Waals surface area contributed by atoms with Crippen LogP contribution in [0.25, 0.3) is 0 Å². The van der Waals surface area contributed by atoms with Crippen molar-refractivity contribution in [2.24, 2.45) is 0 Å². The van der Waals surface area contributed by atoms with Gasteiger partial charge in [-0.25, -0.2) is 0 Å². The zero-order chi connectivity index (χ0) is 14.5. The molecule has 0 aromatic heterocycles. The maximum atomic E-state index is 12.0. The second kappa shape index (κ2) is 6.38. The normalized spacial score (nSPS) is 18.3. The fourth-order valence-corrected chi connectivity index (χ4v) is 2.12. The first-order chi connectivity index (χ1) is 9.60. The van der Waals surface area contributed by atoms with Crippen LogP contribution in [0.1, 0.15) is 12.0 Å². The van der Waals surface area contributed by atoms with Gasteiger partial charge in [-0.05, 0) is 24.6 Å². The molecular weight excluding hydrogens is 258 g/mol. The topological polar surface area (TPSA) is 79.5 Å². The minimum atomic E-state index is -0.473. The fourth-order valence-electron chi connectivity index (χ4n) is 2.12. The van der Waals surface area contributed by atoms with E-state index in [1.165, 1.54) is 0 Å². The van der Waals surface area contributed by atoms with Gasteiger partial charge < -0.3 is 20.7 Å². The Balaban J connectivity index is 2.00. The van der Waals surface area contributed by atoms with Crippen molar-refractivity contribution >= 4 is 17.5 Å². The van der Waals surface area contributed by atoms with E-state index in [1.807, 2.05) is 19.1 Å². The monoisotopic (exact) mass is 277 g/mol. The van der Waals surface area contributed by atoms with E-state index in [1.54, 1.807) is 13.2 Å². The van der Waals surface area contributed by atoms with E-state index >= 15 is 0 Å². The number of carbonyl (C=O) groups excluding carboxylic acids is 2. The number of benzene rings is 1. The molecule has 0 bridgehead atoms. The summed E-state index contributed by atoms with van der Waals surface area (Å²) in [5.74, 6) is 0.246. The summed E-state index contributed by atoms with van der Waals surface area (Å²) in [5.41, 5.74) is 1.64. The van der Waals surface area contributed by atoms with Crippen molar-refractivity contribution < 1.29 is 14.3 Å². The van der Waals surface area contributed by atoms with E-state index in [-0.39, 0.29) is 18.2 Å². The molecule has 2 rings (SSSR count). The molecule has 1 aliphatic rings. The van der Waals surface area contributed by atoms with Crippen LogP contribution in [0.2, 0.25) is 0 Å². The lowest BCUT2D eigenvalue weighted by Crippen LogP contribution is -2.53. The van der Waals surface area contributed by atoms with Gasteiger partial charge in [-0.3, -0.25) is 9.59 Å².